The Labute approximate surface area is 98.7 Å². The molecule has 1 aromatic heterocycles. The van der Waals surface area contributed by atoms with Crippen molar-refractivity contribution in [2.24, 2.45) is 0 Å². The lowest BCUT2D eigenvalue weighted by Crippen LogP contribution is -2.27. The summed E-state index contributed by atoms with van der Waals surface area (Å²) in [4.78, 5) is 11.1. The van der Waals surface area contributed by atoms with Crippen molar-refractivity contribution >= 4 is 17.7 Å². The molecule has 5 heteroatoms. The highest BCUT2D eigenvalue weighted by Crippen LogP contribution is 2.17. The van der Waals surface area contributed by atoms with Crippen molar-refractivity contribution in [3.63, 3.8) is 0 Å². The molecule has 4 nitrogen and oxygen atoms in total. The number of nitrogens with one attached hydrogen (secondary N) is 1. The van der Waals surface area contributed by atoms with E-state index >= 15 is 0 Å². The average molecular weight is 241 g/mol. The van der Waals surface area contributed by atoms with E-state index in [1.807, 2.05) is 11.8 Å². The molecule has 1 aromatic rings. The Hall–Kier alpha value is -0.940. The van der Waals surface area contributed by atoms with Crippen molar-refractivity contribution in [3.8, 4) is 0 Å². The Balaban J connectivity index is 1.85. The zero-order chi connectivity index (χ0) is 11.4. The molecule has 0 amide bonds. The maximum atomic E-state index is 11.1. The topological polar surface area (TPSA) is 51.5 Å². The fourth-order valence-corrected chi connectivity index (χ4v) is 2.81. The van der Waals surface area contributed by atoms with Gasteiger partial charge in [0.15, 0.2) is 0 Å². The molecule has 0 saturated carbocycles. The zero-order valence-corrected chi connectivity index (χ0v) is 10.0. The first-order valence-electron chi connectivity index (χ1n) is 5.28. The van der Waals surface area contributed by atoms with Crippen molar-refractivity contribution < 1.29 is 13.9 Å². The monoisotopic (exact) mass is 241 g/mol. The molecular formula is C11H15NO3S. The van der Waals surface area contributed by atoms with Gasteiger partial charge in [-0.05, 0) is 24.3 Å². The number of esters is 1. The maximum absolute atomic E-state index is 11.1. The van der Waals surface area contributed by atoms with Gasteiger partial charge in [-0.2, -0.15) is 11.8 Å². The number of carbonyl (C=O) groups is 1. The first kappa shape index (κ1) is 11.5. The minimum absolute atomic E-state index is 0.264. The van der Waals surface area contributed by atoms with E-state index in [9.17, 15) is 4.79 Å². The van der Waals surface area contributed by atoms with Gasteiger partial charge >= 0.3 is 5.97 Å². The van der Waals surface area contributed by atoms with Crippen LogP contribution in [0.25, 0.3) is 0 Å². The highest BCUT2D eigenvalue weighted by molar-refractivity contribution is 7.99. The normalized spacial score (nSPS) is 19.9. The highest BCUT2D eigenvalue weighted by Gasteiger charge is 2.16. The van der Waals surface area contributed by atoms with Crippen molar-refractivity contribution in [2.45, 2.75) is 19.0 Å². The van der Waals surface area contributed by atoms with Crippen LogP contribution in [0.5, 0.6) is 0 Å². The van der Waals surface area contributed by atoms with Gasteiger partial charge in [-0.3, -0.25) is 0 Å². The predicted molar refractivity (Wildman–Crippen MR) is 62.6 cm³/mol. The third-order valence-electron chi connectivity index (χ3n) is 2.54. The minimum atomic E-state index is -0.428. The summed E-state index contributed by atoms with van der Waals surface area (Å²) in [5.74, 6) is 2.99. The van der Waals surface area contributed by atoms with Crippen LogP contribution in [0.4, 0.5) is 0 Å². The molecule has 0 bridgehead atoms. The van der Waals surface area contributed by atoms with Crippen LogP contribution in [0.15, 0.2) is 16.5 Å². The highest BCUT2D eigenvalue weighted by atomic mass is 32.2. The van der Waals surface area contributed by atoms with Gasteiger partial charge in [0.25, 0.3) is 0 Å². The molecule has 1 saturated heterocycles. The molecule has 1 N–H and O–H groups in total. The van der Waals surface area contributed by atoms with E-state index in [-0.39, 0.29) is 5.76 Å². The molecule has 0 spiro atoms. The second kappa shape index (κ2) is 5.41. The summed E-state index contributed by atoms with van der Waals surface area (Å²) in [6, 6.07) is 4.02. The second-order valence-electron chi connectivity index (χ2n) is 3.70. The quantitative estimate of drug-likeness (QED) is 0.812. The molecule has 0 radical (unpaired) electrons. The van der Waals surface area contributed by atoms with Crippen LogP contribution in [0.3, 0.4) is 0 Å². The van der Waals surface area contributed by atoms with Gasteiger partial charge < -0.3 is 14.5 Å². The lowest BCUT2D eigenvalue weighted by atomic mass is 10.2. The summed E-state index contributed by atoms with van der Waals surface area (Å²) >= 11 is 1.96. The van der Waals surface area contributed by atoms with Gasteiger partial charge in [0.1, 0.15) is 5.76 Å². The Bertz CT molecular complexity index is 358. The van der Waals surface area contributed by atoms with Gasteiger partial charge in [-0.25, -0.2) is 4.79 Å². The lowest BCUT2D eigenvalue weighted by molar-refractivity contribution is 0.0563. The third-order valence-corrected chi connectivity index (χ3v) is 3.71. The van der Waals surface area contributed by atoms with Crippen molar-refractivity contribution in [1.29, 1.82) is 0 Å². The molecule has 0 aliphatic carbocycles. The molecule has 1 aliphatic heterocycles. The standard InChI is InChI=1S/C11H15NO3S/c1-14-11(13)10-3-2-9(15-10)6-12-8-4-5-16-7-8/h2-3,8,12H,4-7H2,1H3. The van der Waals surface area contributed by atoms with Crippen LogP contribution >= 0.6 is 11.8 Å². The van der Waals surface area contributed by atoms with E-state index in [1.54, 1.807) is 12.1 Å². The van der Waals surface area contributed by atoms with E-state index in [4.69, 9.17) is 4.42 Å². The van der Waals surface area contributed by atoms with E-state index in [1.165, 1.54) is 19.3 Å². The molecular weight excluding hydrogens is 226 g/mol. The summed E-state index contributed by atoms with van der Waals surface area (Å²) < 4.78 is 9.92. The molecule has 88 valence electrons. The van der Waals surface area contributed by atoms with Crippen molar-refractivity contribution in [3.05, 3.63) is 23.7 Å². The molecule has 1 fully saturated rings. The van der Waals surface area contributed by atoms with Crippen LogP contribution in [-0.4, -0.2) is 30.6 Å². The Kier molecular flexibility index (Phi) is 3.90. The number of carbonyl (C=O) groups excluding carboxylic acids is 1. The van der Waals surface area contributed by atoms with Gasteiger partial charge in [-0.1, -0.05) is 0 Å². The number of ether oxygens (including phenoxy) is 1. The average Bonchev–Trinajstić information content (AvgIpc) is 2.96. The summed E-state index contributed by atoms with van der Waals surface area (Å²) in [7, 11) is 1.35. The zero-order valence-electron chi connectivity index (χ0n) is 9.19. The Morgan fingerprint density at radius 3 is 3.25 bits per heavy atom. The van der Waals surface area contributed by atoms with Crippen LogP contribution in [0.1, 0.15) is 22.7 Å². The lowest BCUT2D eigenvalue weighted by Gasteiger charge is -2.08. The Morgan fingerprint density at radius 2 is 2.56 bits per heavy atom. The number of hydrogen-bond donors (Lipinski definition) is 1. The van der Waals surface area contributed by atoms with Crippen LogP contribution in [-0.2, 0) is 11.3 Å². The summed E-state index contributed by atoms with van der Waals surface area (Å²) in [6.45, 7) is 0.669. The molecule has 16 heavy (non-hydrogen) atoms. The van der Waals surface area contributed by atoms with Gasteiger partial charge in [0, 0.05) is 11.8 Å². The second-order valence-corrected chi connectivity index (χ2v) is 4.85. The molecule has 2 heterocycles. The molecule has 1 aliphatic rings. The molecule has 1 atom stereocenters. The van der Waals surface area contributed by atoms with Gasteiger partial charge in [0.2, 0.25) is 5.76 Å². The smallest absolute Gasteiger partial charge is 0.373 e. The summed E-state index contributed by atoms with van der Waals surface area (Å²) in [5, 5.41) is 3.40. The van der Waals surface area contributed by atoms with Crippen LogP contribution < -0.4 is 5.32 Å². The van der Waals surface area contributed by atoms with Crippen molar-refractivity contribution in [2.75, 3.05) is 18.6 Å². The fraction of sp³-hybridized carbons (Fsp3) is 0.545. The number of thioether (sulfide) groups is 1. The van der Waals surface area contributed by atoms with E-state index in [2.05, 4.69) is 10.1 Å². The van der Waals surface area contributed by atoms with E-state index < -0.39 is 5.97 Å². The maximum Gasteiger partial charge on any atom is 0.373 e. The van der Waals surface area contributed by atoms with E-state index in [0.29, 0.717) is 12.6 Å². The Morgan fingerprint density at radius 1 is 1.69 bits per heavy atom. The van der Waals surface area contributed by atoms with Crippen molar-refractivity contribution in [1.82, 2.24) is 5.32 Å². The summed E-state index contributed by atoms with van der Waals surface area (Å²) in [6.07, 6.45) is 1.20. The molecule has 2 rings (SSSR count). The SMILES string of the molecule is COC(=O)c1ccc(CNC2CCSC2)o1. The predicted octanol–water partition coefficient (Wildman–Crippen LogP) is 1.66. The fourth-order valence-electron chi connectivity index (χ4n) is 1.62. The minimum Gasteiger partial charge on any atom is -0.463 e. The third kappa shape index (κ3) is 2.80. The van der Waals surface area contributed by atoms with Gasteiger partial charge in [0.05, 0.1) is 13.7 Å². The number of furan rings is 1. The summed E-state index contributed by atoms with van der Waals surface area (Å²) in [5.41, 5.74) is 0. The number of hydrogen-bond acceptors (Lipinski definition) is 5. The largest absolute Gasteiger partial charge is 0.463 e. The van der Waals surface area contributed by atoms with Crippen LogP contribution in [0.2, 0.25) is 0 Å². The van der Waals surface area contributed by atoms with Gasteiger partial charge in [-0.15, -0.1) is 0 Å². The molecule has 1 unspecified atom stereocenters. The number of methoxy groups -OCH3 is 1. The number of rotatable bonds is 4. The first-order chi connectivity index (χ1) is 7.79. The molecule has 0 aromatic carbocycles. The van der Waals surface area contributed by atoms with Crippen LogP contribution in [0, 0.1) is 0 Å². The van der Waals surface area contributed by atoms with E-state index in [0.717, 1.165) is 11.5 Å². The first-order valence-corrected chi connectivity index (χ1v) is 6.43.